The van der Waals surface area contributed by atoms with Gasteiger partial charge in [-0.05, 0) is 26.2 Å². The summed E-state index contributed by atoms with van der Waals surface area (Å²) >= 11 is 0. The molecule has 1 heterocycles. The van der Waals surface area contributed by atoms with E-state index < -0.39 is 0 Å². The monoisotopic (exact) mass is 197 g/mol. The molecule has 0 aromatic rings. The minimum Gasteiger partial charge on any atom is -0.373 e. The molecule has 1 atom stereocenters. The normalized spacial score (nSPS) is 37.3. The lowest BCUT2D eigenvalue weighted by Crippen LogP contribution is -2.37. The van der Waals surface area contributed by atoms with Crippen molar-refractivity contribution in [3.05, 3.63) is 0 Å². The van der Waals surface area contributed by atoms with Gasteiger partial charge in [0.05, 0.1) is 12.2 Å². The molecule has 1 aliphatic carbocycles. The highest BCUT2D eigenvalue weighted by atomic mass is 16.5. The smallest absolute Gasteiger partial charge is 0.0775 e. The number of nitrogens with one attached hydrogen (secondary N) is 1. The van der Waals surface area contributed by atoms with E-state index in [1.807, 2.05) is 0 Å². The molecule has 1 unspecified atom stereocenters. The highest BCUT2D eigenvalue weighted by Crippen LogP contribution is 2.40. The maximum atomic E-state index is 6.11. The van der Waals surface area contributed by atoms with Gasteiger partial charge >= 0.3 is 0 Å². The van der Waals surface area contributed by atoms with Crippen molar-refractivity contribution in [1.29, 1.82) is 0 Å². The largest absolute Gasteiger partial charge is 0.373 e. The molecule has 14 heavy (non-hydrogen) atoms. The summed E-state index contributed by atoms with van der Waals surface area (Å²) in [7, 11) is 0. The number of hydrogen-bond donors (Lipinski definition) is 1. The maximum Gasteiger partial charge on any atom is 0.0775 e. The second kappa shape index (κ2) is 3.82. The zero-order valence-electron chi connectivity index (χ0n) is 9.57. The molecular formula is C12H23NO. The van der Waals surface area contributed by atoms with Crippen LogP contribution >= 0.6 is 0 Å². The summed E-state index contributed by atoms with van der Waals surface area (Å²) in [4.78, 5) is 0. The molecule has 2 rings (SSSR count). The van der Waals surface area contributed by atoms with Gasteiger partial charge in [0.1, 0.15) is 0 Å². The van der Waals surface area contributed by atoms with Gasteiger partial charge in [-0.3, -0.25) is 0 Å². The molecule has 1 spiro atoms. The van der Waals surface area contributed by atoms with Crippen molar-refractivity contribution in [3.8, 4) is 0 Å². The Labute approximate surface area is 87.4 Å². The van der Waals surface area contributed by atoms with Crippen LogP contribution in [-0.4, -0.2) is 25.3 Å². The summed E-state index contributed by atoms with van der Waals surface area (Å²) < 4.78 is 6.11. The van der Waals surface area contributed by atoms with Gasteiger partial charge in [-0.2, -0.15) is 0 Å². The van der Waals surface area contributed by atoms with Gasteiger partial charge in [0.25, 0.3) is 0 Å². The fraction of sp³-hybridized carbons (Fsp3) is 1.00. The van der Waals surface area contributed by atoms with E-state index in [1.165, 1.54) is 32.2 Å². The van der Waals surface area contributed by atoms with Crippen LogP contribution in [0, 0.1) is 5.41 Å². The van der Waals surface area contributed by atoms with Gasteiger partial charge in [0, 0.05) is 18.5 Å². The third kappa shape index (κ3) is 1.96. The zero-order valence-corrected chi connectivity index (χ0v) is 9.57. The number of hydrogen-bond acceptors (Lipinski definition) is 2. The van der Waals surface area contributed by atoms with E-state index in [-0.39, 0.29) is 5.60 Å². The molecule has 82 valence electrons. The molecule has 1 N–H and O–H groups in total. The molecule has 2 fully saturated rings. The Morgan fingerprint density at radius 1 is 1.21 bits per heavy atom. The van der Waals surface area contributed by atoms with Crippen LogP contribution in [0.25, 0.3) is 0 Å². The van der Waals surface area contributed by atoms with E-state index in [9.17, 15) is 0 Å². The molecule has 2 nitrogen and oxygen atoms in total. The van der Waals surface area contributed by atoms with E-state index in [0.29, 0.717) is 5.41 Å². The molecule has 0 radical (unpaired) electrons. The molecule has 2 heteroatoms. The molecule has 0 amide bonds. The van der Waals surface area contributed by atoms with E-state index in [1.54, 1.807) is 0 Å². The first-order valence-corrected chi connectivity index (χ1v) is 6.03. The van der Waals surface area contributed by atoms with Crippen LogP contribution in [0.2, 0.25) is 0 Å². The number of rotatable bonds is 1. The predicted molar refractivity (Wildman–Crippen MR) is 58.4 cm³/mol. The van der Waals surface area contributed by atoms with Crippen LogP contribution in [0.15, 0.2) is 0 Å². The first kappa shape index (κ1) is 10.4. The van der Waals surface area contributed by atoms with Crippen molar-refractivity contribution in [3.63, 3.8) is 0 Å². The Bertz CT molecular complexity index is 198. The van der Waals surface area contributed by atoms with Crippen molar-refractivity contribution in [2.75, 3.05) is 19.7 Å². The topological polar surface area (TPSA) is 21.3 Å². The van der Waals surface area contributed by atoms with Crippen LogP contribution < -0.4 is 5.32 Å². The minimum absolute atomic E-state index is 0.0755. The molecule has 0 aromatic heterocycles. The Balaban J connectivity index is 2.00. The Morgan fingerprint density at radius 3 is 2.57 bits per heavy atom. The second-order valence-corrected chi connectivity index (χ2v) is 5.40. The summed E-state index contributed by atoms with van der Waals surface area (Å²) in [5.74, 6) is 0. The molecule has 2 aliphatic rings. The van der Waals surface area contributed by atoms with Crippen LogP contribution in [0.3, 0.4) is 0 Å². The number of ether oxygens (including phenoxy) is 1. The standard InChI is InChI=1S/C12H23NO/c1-3-11(2)8-13-9-12(10-14-11)6-4-5-7-12/h13H,3-10H2,1-2H3. The molecule has 0 aromatic carbocycles. The first-order valence-electron chi connectivity index (χ1n) is 6.03. The van der Waals surface area contributed by atoms with Gasteiger partial charge in [-0.25, -0.2) is 0 Å². The predicted octanol–water partition coefficient (Wildman–Crippen LogP) is 2.34. The van der Waals surface area contributed by atoms with E-state index in [0.717, 1.165) is 19.6 Å². The maximum absolute atomic E-state index is 6.11. The van der Waals surface area contributed by atoms with Gasteiger partial charge in [0.2, 0.25) is 0 Å². The highest BCUT2D eigenvalue weighted by molar-refractivity contribution is 4.91. The third-order valence-electron chi connectivity index (χ3n) is 4.14. The van der Waals surface area contributed by atoms with Crippen molar-refractivity contribution in [2.24, 2.45) is 5.41 Å². The molecule has 1 saturated heterocycles. The van der Waals surface area contributed by atoms with Crippen molar-refractivity contribution in [2.45, 2.75) is 51.6 Å². The first-order chi connectivity index (χ1) is 6.68. The van der Waals surface area contributed by atoms with Gasteiger partial charge in [-0.15, -0.1) is 0 Å². The van der Waals surface area contributed by atoms with Gasteiger partial charge in [-0.1, -0.05) is 19.8 Å². The fourth-order valence-electron chi connectivity index (χ4n) is 2.69. The minimum atomic E-state index is 0.0755. The Hall–Kier alpha value is -0.0800. The molecular weight excluding hydrogens is 174 g/mol. The fourth-order valence-corrected chi connectivity index (χ4v) is 2.69. The summed E-state index contributed by atoms with van der Waals surface area (Å²) in [6.07, 6.45) is 6.62. The van der Waals surface area contributed by atoms with Crippen LogP contribution in [0.5, 0.6) is 0 Å². The lowest BCUT2D eigenvalue weighted by atomic mass is 9.87. The lowest BCUT2D eigenvalue weighted by molar-refractivity contribution is -0.0524. The average molecular weight is 197 g/mol. The summed E-state index contributed by atoms with van der Waals surface area (Å²) in [6.45, 7) is 7.61. The van der Waals surface area contributed by atoms with E-state index in [2.05, 4.69) is 19.2 Å². The molecule has 1 saturated carbocycles. The van der Waals surface area contributed by atoms with Crippen molar-refractivity contribution in [1.82, 2.24) is 5.32 Å². The quantitative estimate of drug-likeness (QED) is 0.696. The summed E-state index contributed by atoms with van der Waals surface area (Å²) in [5.41, 5.74) is 0.555. The van der Waals surface area contributed by atoms with Crippen LogP contribution in [-0.2, 0) is 4.74 Å². The summed E-state index contributed by atoms with van der Waals surface area (Å²) in [6, 6.07) is 0. The van der Waals surface area contributed by atoms with Crippen LogP contribution in [0.1, 0.15) is 46.0 Å². The Morgan fingerprint density at radius 2 is 1.93 bits per heavy atom. The van der Waals surface area contributed by atoms with E-state index >= 15 is 0 Å². The average Bonchev–Trinajstić information content (AvgIpc) is 2.57. The van der Waals surface area contributed by atoms with E-state index in [4.69, 9.17) is 4.74 Å². The van der Waals surface area contributed by atoms with Gasteiger partial charge in [0.15, 0.2) is 0 Å². The second-order valence-electron chi connectivity index (χ2n) is 5.40. The third-order valence-corrected chi connectivity index (χ3v) is 4.14. The molecule has 0 bridgehead atoms. The van der Waals surface area contributed by atoms with Crippen molar-refractivity contribution >= 4 is 0 Å². The Kier molecular flexibility index (Phi) is 2.85. The summed E-state index contributed by atoms with van der Waals surface area (Å²) in [5, 5.41) is 3.60. The zero-order chi connectivity index (χ0) is 10.1. The molecule has 1 aliphatic heterocycles. The highest BCUT2D eigenvalue weighted by Gasteiger charge is 2.39. The van der Waals surface area contributed by atoms with Crippen LogP contribution in [0.4, 0.5) is 0 Å². The SMILES string of the molecule is CCC1(C)CNCC2(CCCC2)CO1. The van der Waals surface area contributed by atoms with Gasteiger partial charge < -0.3 is 10.1 Å². The lowest BCUT2D eigenvalue weighted by Gasteiger charge is -2.29. The van der Waals surface area contributed by atoms with Crippen molar-refractivity contribution < 1.29 is 4.74 Å².